The van der Waals surface area contributed by atoms with E-state index in [9.17, 15) is 14.4 Å². The van der Waals surface area contributed by atoms with Gasteiger partial charge in [0.1, 0.15) is 5.41 Å². The van der Waals surface area contributed by atoms with Crippen LogP contribution in [0.3, 0.4) is 0 Å². The number of barbiturate groups is 1. The van der Waals surface area contributed by atoms with Crippen LogP contribution in [0.25, 0.3) is 0 Å². The molecule has 15 heavy (non-hydrogen) atoms. The molecule has 1 rings (SSSR count). The number of hydrogen-bond donors (Lipinski definition) is 2. The van der Waals surface area contributed by atoms with Gasteiger partial charge in [0.15, 0.2) is 0 Å². The van der Waals surface area contributed by atoms with Crippen molar-refractivity contribution >= 4 is 17.8 Å². The summed E-state index contributed by atoms with van der Waals surface area (Å²) < 4.78 is 0. The van der Waals surface area contributed by atoms with Gasteiger partial charge in [0, 0.05) is 0 Å². The third kappa shape index (κ3) is 1.86. The summed E-state index contributed by atoms with van der Waals surface area (Å²) in [4.78, 5) is 34.2. The molecule has 5 nitrogen and oxygen atoms in total. The monoisotopic (exact) mass is 212 g/mol. The van der Waals surface area contributed by atoms with Crippen LogP contribution in [-0.4, -0.2) is 17.8 Å². The Morgan fingerprint density at radius 1 is 1.20 bits per heavy atom. The highest BCUT2D eigenvalue weighted by atomic mass is 16.2. The molecule has 0 spiro atoms. The molecular weight excluding hydrogens is 196 g/mol. The van der Waals surface area contributed by atoms with E-state index < -0.39 is 23.3 Å². The van der Waals surface area contributed by atoms with E-state index in [0.29, 0.717) is 0 Å². The van der Waals surface area contributed by atoms with Gasteiger partial charge in [-0.3, -0.25) is 20.2 Å². The van der Waals surface area contributed by atoms with Crippen LogP contribution in [0.2, 0.25) is 0 Å². The summed E-state index contributed by atoms with van der Waals surface area (Å²) in [6.07, 6.45) is 1.66. The normalized spacial score (nSPS) is 21.9. The highest BCUT2D eigenvalue weighted by Gasteiger charge is 2.49. The van der Waals surface area contributed by atoms with Gasteiger partial charge in [-0.15, -0.1) is 0 Å². The molecule has 0 bridgehead atoms. The fraction of sp³-hybridized carbons (Fsp3) is 0.700. The molecule has 1 heterocycles. The lowest BCUT2D eigenvalue weighted by molar-refractivity contribution is -0.146. The molecule has 84 valence electrons. The summed E-state index contributed by atoms with van der Waals surface area (Å²) in [5.74, 6) is -1.09. The smallest absolute Gasteiger partial charge is 0.277 e. The molecule has 0 aliphatic carbocycles. The van der Waals surface area contributed by atoms with Crippen molar-refractivity contribution < 1.29 is 14.4 Å². The molecule has 4 amide bonds. The lowest BCUT2D eigenvalue weighted by atomic mass is 9.73. The Balaban J connectivity index is 2.94. The van der Waals surface area contributed by atoms with Crippen LogP contribution >= 0.6 is 0 Å². The number of urea groups is 1. The van der Waals surface area contributed by atoms with Gasteiger partial charge >= 0.3 is 6.03 Å². The van der Waals surface area contributed by atoms with E-state index in [-0.39, 0.29) is 5.92 Å². The van der Waals surface area contributed by atoms with Gasteiger partial charge in [-0.05, 0) is 19.3 Å². The minimum absolute atomic E-state index is 0.0874. The Bertz CT molecular complexity index is 292. The van der Waals surface area contributed by atoms with Gasteiger partial charge in [-0.2, -0.15) is 0 Å². The number of hydrogen-bond acceptors (Lipinski definition) is 3. The van der Waals surface area contributed by atoms with Gasteiger partial charge in [-0.1, -0.05) is 20.3 Å². The first-order chi connectivity index (χ1) is 6.92. The second kappa shape index (κ2) is 4.00. The summed E-state index contributed by atoms with van der Waals surface area (Å²) in [6.45, 7) is 5.41. The van der Waals surface area contributed by atoms with Gasteiger partial charge < -0.3 is 0 Å². The van der Waals surface area contributed by atoms with Gasteiger partial charge in [-0.25, -0.2) is 4.79 Å². The molecule has 0 aromatic rings. The number of carbonyl (C=O) groups excluding carboxylic acids is 3. The zero-order valence-electron chi connectivity index (χ0n) is 9.22. The Hall–Kier alpha value is -1.39. The molecule has 0 saturated carbocycles. The minimum Gasteiger partial charge on any atom is -0.277 e. The van der Waals surface area contributed by atoms with E-state index in [1.165, 1.54) is 0 Å². The Labute approximate surface area is 88.6 Å². The molecule has 0 aromatic carbocycles. The molecule has 1 aliphatic heterocycles. The molecule has 1 saturated heterocycles. The summed E-state index contributed by atoms with van der Waals surface area (Å²) in [5, 5.41) is 4.26. The van der Waals surface area contributed by atoms with Crippen molar-refractivity contribution in [2.45, 2.75) is 33.6 Å². The average Bonchev–Trinajstić information content (AvgIpc) is 2.14. The number of carbonyl (C=O) groups is 3. The third-order valence-electron chi connectivity index (χ3n) is 3.10. The van der Waals surface area contributed by atoms with Crippen LogP contribution in [0.4, 0.5) is 4.79 Å². The molecule has 5 heteroatoms. The zero-order valence-corrected chi connectivity index (χ0v) is 9.22. The van der Waals surface area contributed by atoms with Crippen LogP contribution in [0.1, 0.15) is 33.6 Å². The summed E-state index contributed by atoms with van der Waals surface area (Å²) in [6, 6.07) is -0.730. The number of rotatable bonds is 3. The van der Waals surface area contributed by atoms with Crippen LogP contribution < -0.4 is 10.6 Å². The maximum absolute atomic E-state index is 11.7. The topological polar surface area (TPSA) is 75.3 Å². The standard InChI is InChI=1S/C10H16N2O3/c1-4-5-6(2)10(3)7(13)11-9(15)12-8(10)14/h6H,4-5H2,1-3H3,(H2,11,12,13,14,15). The maximum Gasteiger partial charge on any atom is 0.328 e. The molecule has 2 N–H and O–H groups in total. The second-order valence-electron chi connectivity index (χ2n) is 4.13. The number of amides is 4. The number of imide groups is 2. The molecule has 1 unspecified atom stereocenters. The van der Waals surface area contributed by atoms with E-state index in [2.05, 4.69) is 10.6 Å². The first-order valence-electron chi connectivity index (χ1n) is 5.09. The molecule has 1 fully saturated rings. The fourth-order valence-electron chi connectivity index (χ4n) is 1.77. The molecule has 0 aromatic heterocycles. The van der Waals surface area contributed by atoms with Gasteiger partial charge in [0.05, 0.1) is 0 Å². The second-order valence-corrected chi connectivity index (χ2v) is 4.13. The van der Waals surface area contributed by atoms with E-state index in [1.807, 2.05) is 13.8 Å². The average molecular weight is 212 g/mol. The van der Waals surface area contributed by atoms with Crippen molar-refractivity contribution in [2.75, 3.05) is 0 Å². The molecular formula is C10H16N2O3. The predicted molar refractivity (Wildman–Crippen MR) is 53.9 cm³/mol. The summed E-state index contributed by atoms with van der Waals surface area (Å²) >= 11 is 0. The largest absolute Gasteiger partial charge is 0.328 e. The van der Waals surface area contributed by atoms with Crippen molar-refractivity contribution in [1.29, 1.82) is 0 Å². The Morgan fingerprint density at radius 3 is 2.07 bits per heavy atom. The van der Waals surface area contributed by atoms with Crippen molar-refractivity contribution in [2.24, 2.45) is 11.3 Å². The molecule has 0 radical (unpaired) electrons. The highest BCUT2D eigenvalue weighted by molar-refractivity contribution is 6.19. The number of nitrogens with one attached hydrogen (secondary N) is 2. The van der Waals surface area contributed by atoms with Crippen LogP contribution in [0.15, 0.2) is 0 Å². The molecule has 1 atom stereocenters. The van der Waals surface area contributed by atoms with Crippen molar-refractivity contribution in [3.05, 3.63) is 0 Å². The Morgan fingerprint density at radius 2 is 1.67 bits per heavy atom. The first kappa shape index (κ1) is 11.7. The predicted octanol–water partition coefficient (Wildman–Crippen LogP) is 0.795. The SMILES string of the molecule is CCCC(C)C1(C)C(=O)NC(=O)NC1=O. The molecule has 1 aliphatic rings. The quantitative estimate of drug-likeness (QED) is 0.679. The van der Waals surface area contributed by atoms with Crippen molar-refractivity contribution in [3.8, 4) is 0 Å². The lowest BCUT2D eigenvalue weighted by Gasteiger charge is -2.35. The Kier molecular flexibility index (Phi) is 3.12. The lowest BCUT2D eigenvalue weighted by Crippen LogP contribution is -2.63. The highest BCUT2D eigenvalue weighted by Crippen LogP contribution is 2.32. The summed E-state index contributed by atoms with van der Waals surface area (Å²) in [7, 11) is 0. The van der Waals surface area contributed by atoms with E-state index >= 15 is 0 Å². The van der Waals surface area contributed by atoms with Crippen LogP contribution in [0.5, 0.6) is 0 Å². The van der Waals surface area contributed by atoms with Crippen molar-refractivity contribution in [1.82, 2.24) is 10.6 Å². The van der Waals surface area contributed by atoms with E-state index in [4.69, 9.17) is 0 Å². The van der Waals surface area contributed by atoms with E-state index in [1.54, 1.807) is 6.92 Å². The first-order valence-corrected chi connectivity index (χ1v) is 5.09. The van der Waals surface area contributed by atoms with E-state index in [0.717, 1.165) is 12.8 Å². The van der Waals surface area contributed by atoms with Crippen molar-refractivity contribution in [3.63, 3.8) is 0 Å². The zero-order chi connectivity index (χ0) is 11.6. The van der Waals surface area contributed by atoms with Crippen LogP contribution in [-0.2, 0) is 9.59 Å². The van der Waals surface area contributed by atoms with Crippen LogP contribution in [0, 0.1) is 11.3 Å². The fourth-order valence-corrected chi connectivity index (χ4v) is 1.77. The maximum atomic E-state index is 11.7. The van der Waals surface area contributed by atoms with Gasteiger partial charge in [0.25, 0.3) is 0 Å². The van der Waals surface area contributed by atoms with Gasteiger partial charge in [0.2, 0.25) is 11.8 Å². The summed E-state index contributed by atoms with van der Waals surface area (Å²) in [5.41, 5.74) is -1.13. The third-order valence-corrected chi connectivity index (χ3v) is 3.10. The minimum atomic E-state index is -1.13.